The second-order valence-electron chi connectivity index (χ2n) is 5.41. The van der Waals surface area contributed by atoms with E-state index >= 15 is 0 Å². The van der Waals surface area contributed by atoms with Crippen molar-refractivity contribution in [3.63, 3.8) is 0 Å². The molecule has 27 heavy (non-hydrogen) atoms. The molecular weight excluding hydrogens is 452 g/mol. The van der Waals surface area contributed by atoms with Crippen LogP contribution in [0.2, 0.25) is 5.02 Å². The van der Waals surface area contributed by atoms with Crippen LogP contribution in [-0.2, 0) is 4.79 Å². The normalized spacial score (nSPS) is 16.6. The first kappa shape index (κ1) is 19.7. The van der Waals surface area contributed by atoms with Gasteiger partial charge in [-0.1, -0.05) is 27.5 Å². The quantitative estimate of drug-likeness (QED) is 0.652. The van der Waals surface area contributed by atoms with Gasteiger partial charge in [0.1, 0.15) is 5.75 Å². The third-order valence-corrected chi connectivity index (χ3v) is 5.16. The lowest BCUT2D eigenvalue weighted by atomic mass is 10.2. The van der Waals surface area contributed by atoms with E-state index in [0.29, 0.717) is 27.8 Å². The van der Waals surface area contributed by atoms with E-state index in [-0.39, 0.29) is 11.1 Å². The highest BCUT2D eigenvalue weighted by Crippen LogP contribution is 2.31. The second kappa shape index (κ2) is 8.73. The van der Waals surface area contributed by atoms with Gasteiger partial charge in [0.15, 0.2) is 5.17 Å². The number of hydrogen-bond acceptors (Lipinski definition) is 4. The van der Waals surface area contributed by atoms with E-state index in [9.17, 15) is 9.59 Å². The minimum absolute atomic E-state index is 0.235. The van der Waals surface area contributed by atoms with Gasteiger partial charge in [0.05, 0.1) is 11.5 Å². The lowest BCUT2D eigenvalue weighted by Gasteiger charge is -2.07. The number of rotatable bonds is 4. The molecular formula is C19H14BrClN2O3S. The molecule has 1 aliphatic rings. The van der Waals surface area contributed by atoms with Crippen molar-refractivity contribution >= 4 is 62.4 Å². The molecule has 3 rings (SSSR count). The topological polar surface area (TPSA) is 67.8 Å². The van der Waals surface area contributed by atoms with Crippen molar-refractivity contribution in [2.75, 3.05) is 6.61 Å². The Hall–Kier alpha value is -2.09. The van der Waals surface area contributed by atoms with Crippen molar-refractivity contribution in [2.24, 2.45) is 4.99 Å². The summed E-state index contributed by atoms with van der Waals surface area (Å²) in [7, 11) is 0. The molecule has 0 aromatic heterocycles. The molecule has 138 valence electrons. The summed E-state index contributed by atoms with van der Waals surface area (Å²) in [5, 5.41) is 3.38. The highest BCUT2D eigenvalue weighted by atomic mass is 79.9. The van der Waals surface area contributed by atoms with E-state index in [0.717, 1.165) is 21.8 Å². The summed E-state index contributed by atoms with van der Waals surface area (Å²) in [4.78, 5) is 28.9. The second-order valence-corrected chi connectivity index (χ2v) is 7.79. The fraction of sp³-hybridized carbons (Fsp3) is 0.105. The minimum Gasteiger partial charge on any atom is -0.493 e. The molecule has 1 aliphatic heterocycles. The van der Waals surface area contributed by atoms with Crippen LogP contribution in [0, 0.1) is 0 Å². The largest absolute Gasteiger partial charge is 0.493 e. The van der Waals surface area contributed by atoms with Gasteiger partial charge < -0.3 is 10.1 Å². The van der Waals surface area contributed by atoms with Crippen LogP contribution in [0.1, 0.15) is 22.8 Å². The summed E-state index contributed by atoms with van der Waals surface area (Å²) in [6.45, 7) is 2.41. The Morgan fingerprint density at radius 3 is 2.74 bits per heavy atom. The molecule has 0 spiro atoms. The zero-order valence-electron chi connectivity index (χ0n) is 14.2. The number of aliphatic imine (C=N–C) groups is 1. The van der Waals surface area contributed by atoms with Crippen LogP contribution in [0.3, 0.4) is 0 Å². The summed E-state index contributed by atoms with van der Waals surface area (Å²) in [5.74, 6) is -0.0949. The van der Waals surface area contributed by atoms with E-state index in [1.807, 2.05) is 25.1 Å². The fourth-order valence-electron chi connectivity index (χ4n) is 2.29. The van der Waals surface area contributed by atoms with Crippen molar-refractivity contribution in [2.45, 2.75) is 6.92 Å². The van der Waals surface area contributed by atoms with Gasteiger partial charge in [-0.05, 0) is 67.2 Å². The first-order chi connectivity index (χ1) is 13.0. The monoisotopic (exact) mass is 464 g/mol. The smallest absolute Gasteiger partial charge is 0.279 e. The molecule has 1 saturated heterocycles. The molecule has 1 heterocycles. The van der Waals surface area contributed by atoms with Gasteiger partial charge in [0.2, 0.25) is 0 Å². The van der Waals surface area contributed by atoms with Crippen molar-refractivity contribution in [3.8, 4) is 5.75 Å². The van der Waals surface area contributed by atoms with Gasteiger partial charge in [-0.3, -0.25) is 9.59 Å². The van der Waals surface area contributed by atoms with Gasteiger partial charge in [-0.2, -0.15) is 4.99 Å². The number of hydrogen-bond donors (Lipinski definition) is 1. The van der Waals surface area contributed by atoms with E-state index in [2.05, 4.69) is 26.2 Å². The molecule has 0 bridgehead atoms. The van der Waals surface area contributed by atoms with Crippen LogP contribution < -0.4 is 10.1 Å². The minimum atomic E-state index is -0.451. The molecule has 5 nitrogen and oxygen atoms in total. The maximum absolute atomic E-state index is 12.2. The van der Waals surface area contributed by atoms with Crippen LogP contribution >= 0.6 is 39.3 Å². The van der Waals surface area contributed by atoms with E-state index < -0.39 is 5.91 Å². The Labute approximate surface area is 174 Å². The lowest BCUT2D eigenvalue weighted by Crippen LogP contribution is -2.20. The zero-order valence-corrected chi connectivity index (χ0v) is 17.3. The number of nitrogens with one attached hydrogen (secondary N) is 1. The Morgan fingerprint density at radius 2 is 2.04 bits per heavy atom. The molecule has 0 radical (unpaired) electrons. The van der Waals surface area contributed by atoms with Crippen molar-refractivity contribution in [1.82, 2.24) is 5.32 Å². The molecule has 8 heteroatoms. The third-order valence-electron chi connectivity index (χ3n) is 3.50. The van der Waals surface area contributed by atoms with Crippen LogP contribution in [0.4, 0.5) is 0 Å². The van der Waals surface area contributed by atoms with Crippen LogP contribution in [0.15, 0.2) is 56.8 Å². The number of nitrogens with zero attached hydrogens (tertiary/aromatic N) is 1. The van der Waals surface area contributed by atoms with Gasteiger partial charge in [0.25, 0.3) is 11.8 Å². The number of amides is 2. The number of amidine groups is 1. The first-order valence-corrected chi connectivity index (χ1v) is 9.97. The van der Waals surface area contributed by atoms with Gasteiger partial charge >= 0.3 is 0 Å². The lowest BCUT2D eigenvalue weighted by molar-refractivity contribution is -0.115. The number of thioether (sulfide) groups is 1. The predicted octanol–water partition coefficient (Wildman–Crippen LogP) is 4.90. The molecule has 1 fully saturated rings. The standard InChI is InChI=1S/C19H14BrClN2O3S/c1-2-26-15-8-5-13(20)9-12(15)10-16-18(25)23-19(27-16)22-17(24)11-3-6-14(21)7-4-11/h3-10H,2H2,1H3,(H,22,23,24,25)/b16-10-. The van der Waals surface area contributed by atoms with E-state index in [4.69, 9.17) is 16.3 Å². The maximum Gasteiger partial charge on any atom is 0.279 e. The Balaban J connectivity index is 1.83. The van der Waals surface area contributed by atoms with Gasteiger partial charge in [0, 0.05) is 20.6 Å². The van der Waals surface area contributed by atoms with Crippen LogP contribution in [0.5, 0.6) is 5.75 Å². The number of benzene rings is 2. The van der Waals surface area contributed by atoms with Gasteiger partial charge in [-0.15, -0.1) is 0 Å². The van der Waals surface area contributed by atoms with Crippen LogP contribution in [-0.4, -0.2) is 23.6 Å². The number of carbonyl (C=O) groups excluding carboxylic acids is 2. The van der Waals surface area contributed by atoms with Crippen molar-refractivity contribution in [1.29, 1.82) is 0 Å². The predicted molar refractivity (Wildman–Crippen MR) is 112 cm³/mol. The summed E-state index contributed by atoms with van der Waals surface area (Å²) in [5.41, 5.74) is 1.15. The molecule has 2 amide bonds. The highest BCUT2D eigenvalue weighted by Gasteiger charge is 2.25. The summed E-state index contributed by atoms with van der Waals surface area (Å²) < 4.78 is 6.46. The number of halogens is 2. The average molecular weight is 466 g/mol. The van der Waals surface area contributed by atoms with E-state index in [1.165, 1.54) is 0 Å². The molecule has 0 aliphatic carbocycles. The molecule has 0 saturated carbocycles. The highest BCUT2D eigenvalue weighted by molar-refractivity contribution is 9.10. The summed E-state index contributed by atoms with van der Waals surface area (Å²) >= 11 is 10.3. The first-order valence-electron chi connectivity index (χ1n) is 7.98. The van der Waals surface area contributed by atoms with Crippen molar-refractivity contribution in [3.05, 3.63) is 68.0 Å². The molecule has 0 atom stereocenters. The zero-order chi connectivity index (χ0) is 19.4. The van der Waals surface area contributed by atoms with Crippen molar-refractivity contribution < 1.29 is 14.3 Å². The van der Waals surface area contributed by atoms with Gasteiger partial charge in [-0.25, -0.2) is 0 Å². The average Bonchev–Trinajstić information content (AvgIpc) is 2.97. The molecule has 1 N–H and O–H groups in total. The number of carbonyl (C=O) groups is 2. The SMILES string of the molecule is CCOc1ccc(Br)cc1/C=C1\SC(=NC(=O)c2ccc(Cl)cc2)NC1=O. The third kappa shape index (κ3) is 5.00. The Morgan fingerprint density at radius 1 is 1.30 bits per heavy atom. The van der Waals surface area contributed by atoms with E-state index in [1.54, 1.807) is 30.3 Å². The molecule has 2 aromatic rings. The fourth-order valence-corrected chi connectivity index (χ4v) is 3.61. The molecule has 2 aromatic carbocycles. The maximum atomic E-state index is 12.2. The summed E-state index contributed by atoms with van der Waals surface area (Å²) in [6.07, 6.45) is 1.71. The summed E-state index contributed by atoms with van der Waals surface area (Å²) in [6, 6.07) is 12.0. The Kier molecular flexibility index (Phi) is 6.36. The Bertz CT molecular complexity index is 958. The van der Waals surface area contributed by atoms with Crippen LogP contribution in [0.25, 0.3) is 6.08 Å². The molecule has 0 unspecified atom stereocenters. The number of ether oxygens (including phenoxy) is 1.